The second-order valence-corrected chi connectivity index (χ2v) is 6.19. The van der Waals surface area contributed by atoms with Crippen LogP contribution in [0.15, 0.2) is 28.9 Å². The van der Waals surface area contributed by atoms with E-state index < -0.39 is 0 Å². The topological polar surface area (TPSA) is 46.9 Å². The molecule has 1 aliphatic rings. The van der Waals surface area contributed by atoms with E-state index in [1.807, 2.05) is 23.8 Å². The Balaban J connectivity index is 1.84. The van der Waals surface area contributed by atoms with Crippen molar-refractivity contribution in [1.29, 1.82) is 0 Å². The zero-order chi connectivity index (χ0) is 14.3. The van der Waals surface area contributed by atoms with Gasteiger partial charge < -0.3 is 9.88 Å². The van der Waals surface area contributed by atoms with Crippen molar-refractivity contribution in [2.24, 2.45) is 0 Å². The number of pyridine rings is 1. The molecule has 0 saturated heterocycles. The molecule has 0 bridgehead atoms. The lowest BCUT2D eigenvalue weighted by Gasteiger charge is -2.09. The maximum Gasteiger partial charge on any atom is 0.273 e. The van der Waals surface area contributed by atoms with Gasteiger partial charge in [0.2, 0.25) is 0 Å². The van der Waals surface area contributed by atoms with E-state index in [1.165, 1.54) is 0 Å². The van der Waals surface area contributed by atoms with Crippen molar-refractivity contribution in [2.75, 3.05) is 5.32 Å². The molecule has 0 aliphatic heterocycles. The van der Waals surface area contributed by atoms with Gasteiger partial charge >= 0.3 is 0 Å². The first-order valence-corrected chi connectivity index (χ1v) is 7.53. The lowest BCUT2D eigenvalue weighted by Crippen LogP contribution is -2.17. The fourth-order valence-corrected chi connectivity index (χ4v) is 2.51. The number of rotatable bonds is 3. The van der Waals surface area contributed by atoms with Crippen molar-refractivity contribution in [3.8, 4) is 0 Å². The SMILES string of the molecule is Cc1nc(NC(=O)c2cc(Cl)cn2C2CC2)ccc1Br. The van der Waals surface area contributed by atoms with Gasteiger partial charge in [-0.3, -0.25) is 4.79 Å². The minimum Gasteiger partial charge on any atom is -0.339 e. The van der Waals surface area contributed by atoms with Crippen LogP contribution in [-0.2, 0) is 0 Å². The van der Waals surface area contributed by atoms with Crippen LogP contribution >= 0.6 is 27.5 Å². The Morgan fingerprint density at radius 1 is 1.50 bits per heavy atom. The number of nitrogens with zero attached hydrogens (tertiary/aromatic N) is 2. The predicted molar refractivity (Wildman–Crippen MR) is 82.3 cm³/mol. The van der Waals surface area contributed by atoms with Crippen LogP contribution in [0, 0.1) is 6.92 Å². The summed E-state index contributed by atoms with van der Waals surface area (Å²) < 4.78 is 2.86. The van der Waals surface area contributed by atoms with Crippen LogP contribution in [0.1, 0.15) is 35.1 Å². The van der Waals surface area contributed by atoms with Gasteiger partial charge in [-0.05, 0) is 53.9 Å². The van der Waals surface area contributed by atoms with Gasteiger partial charge in [0.05, 0.1) is 10.7 Å². The van der Waals surface area contributed by atoms with E-state index in [0.29, 0.717) is 22.6 Å². The second kappa shape index (κ2) is 5.22. The summed E-state index contributed by atoms with van der Waals surface area (Å²) in [5, 5.41) is 3.40. The van der Waals surface area contributed by atoms with Gasteiger partial charge in [-0.15, -0.1) is 0 Å². The highest BCUT2D eigenvalue weighted by molar-refractivity contribution is 9.10. The smallest absolute Gasteiger partial charge is 0.273 e. The molecule has 1 saturated carbocycles. The van der Waals surface area contributed by atoms with Gasteiger partial charge in [0.1, 0.15) is 11.5 Å². The third kappa shape index (κ3) is 2.74. The molecule has 0 unspecified atom stereocenters. The molecule has 0 aromatic carbocycles. The van der Waals surface area contributed by atoms with Crippen LogP contribution in [0.5, 0.6) is 0 Å². The standard InChI is InChI=1S/C14H13BrClN3O/c1-8-11(15)4-5-13(17-8)18-14(20)12-6-9(16)7-19(12)10-2-3-10/h4-7,10H,2-3H2,1H3,(H,17,18,20). The van der Waals surface area contributed by atoms with E-state index in [1.54, 1.807) is 12.1 Å². The molecule has 1 N–H and O–H groups in total. The van der Waals surface area contributed by atoms with E-state index in [-0.39, 0.29) is 5.91 Å². The van der Waals surface area contributed by atoms with Crippen molar-refractivity contribution in [2.45, 2.75) is 25.8 Å². The Morgan fingerprint density at radius 2 is 2.25 bits per heavy atom. The largest absolute Gasteiger partial charge is 0.339 e. The number of hydrogen-bond donors (Lipinski definition) is 1. The summed E-state index contributed by atoms with van der Waals surface area (Å²) in [6.07, 6.45) is 4.01. The Hall–Kier alpha value is -1.33. The highest BCUT2D eigenvalue weighted by Gasteiger charge is 2.27. The molecule has 6 heteroatoms. The number of hydrogen-bond acceptors (Lipinski definition) is 2. The van der Waals surface area contributed by atoms with E-state index in [0.717, 1.165) is 23.0 Å². The summed E-state index contributed by atoms with van der Waals surface area (Å²) in [7, 11) is 0. The first-order chi connectivity index (χ1) is 9.54. The number of anilines is 1. The molecule has 1 amide bonds. The third-order valence-corrected chi connectivity index (χ3v) is 4.30. The zero-order valence-corrected chi connectivity index (χ0v) is 13.2. The molecule has 0 radical (unpaired) electrons. The lowest BCUT2D eigenvalue weighted by atomic mass is 10.3. The molecule has 2 aromatic heterocycles. The molecule has 3 rings (SSSR count). The fraction of sp³-hybridized carbons (Fsp3) is 0.286. The van der Waals surface area contributed by atoms with Gasteiger partial charge in [-0.25, -0.2) is 4.98 Å². The van der Waals surface area contributed by atoms with Crippen LogP contribution in [0.3, 0.4) is 0 Å². The summed E-state index contributed by atoms with van der Waals surface area (Å²) in [4.78, 5) is 16.6. The number of halogens is 2. The molecule has 2 aromatic rings. The Labute approximate surface area is 130 Å². The maximum atomic E-state index is 12.3. The molecular formula is C14H13BrClN3O. The second-order valence-electron chi connectivity index (χ2n) is 4.90. The van der Waals surface area contributed by atoms with Crippen molar-refractivity contribution in [3.63, 3.8) is 0 Å². The lowest BCUT2D eigenvalue weighted by molar-refractivity contribution is 0.101. The zero-order valence-electron chi connectivity index (χ0n) is 10.9. The first-order valence-electron chi connectivity index (χ1n) is 6.36. The number of carbonyl (C=O) groups is 1. The highest BCUT2D eigenvalue weighted by atomic mass is 79.9. The van der Waals surface area contributed by atoms with Gasteiger partial charge in [-0.1, -0.05) is 11.6 Å². The molecule has 2 heterocycles. The van der Waals surface area contributed by atoms with Gasteiger partial charge in [0.15, 0.2) is 0 Å². The van der Waals surface area contributed by atoms with Crippen LogP contribution in [-0.4, -0.2) is 15.5 Å². The number of carbonyl (C=O) groups excluding carboxylic acids is 1. The Kier molecular flexibility index (Phi) is 3.56. The molecule has 1 fully saturated rings. The first kappa shape index (κ1) is 13.6. The molecular weight excluding hydrogens is 342 g/mol. The number of aryl methyl sites for hydroxylation is 1. The van der Waals surface area contributed by atoms with Gasteiger partial charge in [-0.2, -0.15) is 0 Å². The summed E-state index contributed by atoms with van der Waals surface area (Å²) in [6.45, 7) is 1.88. The summed E-state index contributed by atoms with van der Waals surface area (Å²) >= 11 is 9.39. The van der Waals surface area contributed by atoms with Crippen LogP contribution in [0.4, 0.5) is 5.82 Å². The van der Waals surface area contributed by atoms with Crippen molar-refractivity contribution in [1.82, 2.24) is 9.55 Å². The quantitative estimate of drug-likeness (QED) is 0.898. The number of amides is 1. The van der Waals surface area contributed by atoms with Crippen molar-refractivity contribution < 1.29 is 4.79 Å². The van der Waals surface area contributed by atoms with Crippen molar-refractivity contribution >= 4 is 39.3 Å². The van der Waals surface area contributed by atoms with E-state index in [2.05, 4.69) is 26.2 Å². The van der Waals surface area contributed by atoms with Gasteiger partial charge in [0, 0.05) is 16.7 Å². The molecule has 1 aliphatic carbocycles. The summed E-state index contributed by atoms with van der Waals surface area (Å²) in [6, 6.07) is 5.73. The Morgan fingerprint density at radius 3 is 2.90 bits per heavy atom. The molecule has 4 nitrogen and oxygen atoms in total. The molecule has 0 atom stereocenters. The van der Waals surface area contributed by atoms with Crippen LogP contribution < -0.4 is 5.32 Å². The molecule has 0 spiro atoms. The predicted octanol–water partition coefficient (Wildman–Crippen LogP) is 4.19. The molecule has 20 heavy (non-hydrogen) atoms. The van der Waals surface area contributed by atoms with E-state index >= 15 is 0 Å². The average molecular weight is 355 g/mol. The normalized spacial score (nSPS) is 14.3. The monoisotopic (exact) mass is 353 g/mol. The highest BCUT2D eigenvalue weighted by Crippen LogP contribution is 2.37. The van der Waals surface area contributed by atoms with E-state index in [4.69, 9.17) is 11.6 Å². The third-order valence-electron chi connectivity index (χ3n) is 3.25. The summed E-state index contributed by atoms with van der Waals surface area (Å²) in [5.41, 5.74) is 1.42. The average Bonchev–Trinajstić information content (AvgIpc) is 3.17. The fourth-order valence-electron chi connectivity index (χ4n) is 2.08. The molecule has 104 valence electrons. The number of aromatic nitrogens is 2. The van der Waals surface area contributed by atoms with Crippen LogP contribution in [0.2, 0.25) is 5.02 Å². The minimum absolute atomic E-state index is 0.182. The Bertz CT molecular complexity index is 679. The number of nitrogens with one attached hydrogen (secondary N) is 1. The van der Waals surface area contributed by atoms with E-state index in [9.17, 15) is 4.79 Å². The van der Waals surface area contributed by atoms with Gasteiger partial charge in [0.25, 0.3) is 5.91 Å². The maximum absolute atomic E-state index is 12.3. The minimum atomic E-state index is -0.182. The van der Waals surface area contributed by atoms with Crippen LogP contribution in [0.25, 0.3) is 0 Å². The summed E-state index contributed by atoms with van der Waals surface area (Å²) in [5.74, 6) is 0.355. The van der Waals surface area contributed by atoms with Crippen molar-refractivity contribution in [3.05, 3.63) is 45.3 Å².